The second-order valence-corrected chi connectivity index (χ2v) is 10.4. The van der Waals surface area contributed by atoms with Crippen LogP contribution in [0.15, 0.2) is 30.3 Å². The second kappa shape index (κ2) is 7.16. The van der Waals surface area contributed by atoms with E-state index >= 15 is 0 Å². The molecule has 2 aromatic rings. The van der Waals surface area contributed by atoms with Gasteiger partial charge in [0.1, 0.15) is 5.82 Å². The van der Waals surface area contributed by atoms with Gasteiger partial charge in [-0.05, 0) is 30.7 Å². The third-order valence-electron chi connectivity index (χ3n) is 4.77. The lowest BCUT2D eigenvalue weighted by Crippen LogP contribution is -2.20. The number of hydrogen-bond acceptors (Lipinski definition) is 4. The summed E-state index contributed by atoms with van der Waals surface area (Å²) in [6.45, 7) is 5.81. The Kier molecular flexibility index (Phi) is 5.27. The molecule has 1 saturated heterocycles. The van der Waals surface area contributed by atoms with Crippen LogP contribution >= 0.6 is 0 Å². The zero-order valence-corrected chi connectivity index (χ0v) is 17.1. The highest BCUT2D eigenvalue weighted by Gasteiger charge is 2.33. The van der Waals surface area contributed by atoms with Crippen LogP contribution in [0, 0.1) is 0 Å². The van der Waals surface area contributed by atoms with Gasteiger partial charge in [-0.2, -0.15) is 18.3 Å². The van der Waals surface area contributed by atoms with E-state index in [0.717, 1.165) is 24.3 Å². The van der Waals surface area contributed by atoms with E-state index in [1.165, 1.54) is 4.68 Å². The van der Waals surface area contributed by atoms with E-state index in [2.05, 4.69) is 10.4 Å². The van der Waals surface area contributed by atoms with E-state index in [0.29, 0.717) is 17.9 Å². The Hall–Kier alpha value is -2.36. The van der Waals surface area contributed by atoms with Gasteiger partial charge in [-0.1, -0.05) is 20.8 Å². The van der Waals surface area contributed by atoms with Crippen LogP contribution in [-0.4, -0.2) is 35.6 Å². The molecule has 10 heteroatoms. The Bertz CT molecular complexity index is 1020. The first kappa shape index (κ1) is 21.4. The maximum absolute atomic E-state index is 12.7. The van der Waals surface area contributed by atoms with Crippen LogP contribution in [0.3, 0.4) is 0 Å². The van der Waals surface area contributed by atoms with Crippen molar-refractivity contribution in [2.75, 3.05) is 16.8 Å². The average molecular weight is 429 g/mol. The van der Waals surface area contributed by atoms with Crippen molar-refractivity contribution in [2.45, 2.75) is 44.8 Å². The normalized spacial score (nSPS) is 19.3. The van der Waals surface area contributed by atoms with Crippen LogP contribution in [-0.2, 0) is 21.4 Å². The minimum Gasteiger partial charge on any atom is -0.307 e. The molecule has 29 heavy (non-hydrogen) atoms. The number of halogens is 3. The maximum atomic E-state index is 12.7. The highest BCUT2D eigenvalue weighted by atomic mass is 32.2. The second-order valence-electron chi connectivity index (χ2n) is 8.20. The molecule has 0 radical (unpaired) electrons. The van der Waals surface area contributed by atoms with Crippen molar-refractivity contribution >= 4 is 21.6 Å². The molecule has 1 aliphatic rings. The number of sulfone groups is 1. The van der Waals surface area contributed by atoms with Crippen molar-refractivity contribution in [1.82, 2.24) is 9.78 Å². The smallest absolute Gasteiger partial charge is 0.307 e. The standard InChI is InChI=1S/C19H22F3N3O3S/c1-18(2,3)15-10-16(25(24-15)14-8-9-29(27,28)11-14)23-17(26)12-4-6-13(7-5-12)19(20,21)22/h4-7,10,14H,8-9,11H2,1-3H3,(H,23,26)/t14-/m1/s1. The van der Waals surface area contributed by atoms with Crippen LogP contribution in [0.25, 0.3) is 0 Å². The molecule has 1 aromatic heterocycles. The quantitative estimate of drug-likeness (QED) is 0.805. The Morgan fingerprint density at radius 2 is 1.79 bits per heavy atom. The van der Waals surface area contributed by atoms with E-state index < -0.39 is 33.5 Å². The SMILES string of the molecule is CC(C)(C)c1cc(NC(=O)c2ccc(C(F)(F)F)cc2)n([C@@H]2CCS(=O)(=O)C2)n1. The number of amides is 1. The number of alkyl halides is 3. The summed E-state index contributed by atoms with van der Waals surface area (Å²) in [4.78, 5) is 12.6. The topological polar surface area (TPSA) is 81.1 Å². The van der Waals surface area contributed by atoms with Gasteiger partial charge in [0.2, 0.25) is 0 Å². The molecule has 1 N–H and O–H groups in total. The van der Waals surface area contributed by atoms with Gasteiger partial charge in [-0.25, -0.2) is 13.1 Å². The summed E-state index contributed by atoms with van der Waals surface area (Å²) >= 11 is 0. The predicted octanol–water partition coefficient (Wildman–Crippen LogP) is 3.81. The molecule has 3 rings (SSSR count). The molecule has 0 aliphatic carbocycles. The molecule has 1 atom stereocenters. The van der Waals surface area contributed by atoms with Crippen LogP contribution in [0.2, 0.25) is 0 Å². The first-order valence-electron chi connectivity index (χ1n) is 9.05. The number of anilines is 1. The van der Waals surface area contributed by atoms with Gasteiger partial charge < -0.3 is 5.32 Å². The summed E-state index contributed by atoms with van der Waals surface area (Å²) < 4.78 is 63.4. The number of hydrogen-bond donors (Lipinski definition) is 1. The van der Waals surface area contributed by atoms with Gasteiger partial charge in [0, 0.05) is 17.0 Å². The van der Waals surface area contributed by atoms with Gasteiger partial charge in [-0.3, -0.25) is 4.79 Å². The zero-order valence-electron chi connectivity index (χ0n) is 16.2. The molecular formula is C19H22F3N3O3S. The minimum atomic E-state index is -4.48. The largest absolute Gasteiger partial charge is 0.416 e. The summed E-state index contributed by atoms with van der Waals surface area (Å²) in [7, 11) is -3.17. The fourth-order valence-corrected chi connectivity index (χ4v) is 4.79. The molecular weight excluding hydrogens is 407 g/mol. The van der Waals surface area contributed by atoms with Gasteiger partial charge in [-0.15, -0.1) is 0 Å². The highest BCUT2D eigenvalue weighted by Crippen LogP contribution is 2.32. The number of carbonyl (C=O) groups excluding carboxylic acids is 1. The first-order chi connectivity index (χ1) is 13.3. The number of benzene rings is 1. The van der Waals surface area contributed by atoms with E-state index in [-0.39, 0.29) is 22.5 Å². The van der Waals surface area contributed by atoms with Crippen molar-refractivity contribution in [2.24, 2.45) is 0 Å². The summed E-state index contributed by atoms with van der Waals surface area (Å²) in [6.07, 6.45) is -4.10. The summed E-state index contributed by atoms with van der Waals surface area (Å²) in [5.41, 5.74) is -0.451. The lowest BCUT2D eigenvalue weighted by molar-refractivity contribution is -0.137. The average Bonchev–Trinajstić information content (AvgIpc) is 3.17. The third kappa shape index (κ3) is 4.80. The Morgan fingerprint density at radius 1 is 1.17 bits per heavy atom. The molecule has 0 unspecified atom stereocenters. The summed E-state index contributed by atoms with van der Waals surface area (Å²) in [5, 5.41) is 7.18. The first-order valence-corrected chi connectivity index (χ1v) is 10.9. The molecule has 1 amide bonds. The Balaban J connectivity index is 1.89. The molecule has 0 saturated carbocycles. The Labute approximate surface area is 167 Å². The van der Waals surface area contributed by atoms with Crippen LogP contribution in [0.4, 0.5) is 19.0 Å². The van der Waals surface area contributed by atoms with Crippen molar-refractivity contribution < 1.29 is 26.4 Å². The van der Waals surface area contributed by atoms with Crippen LogP contribution in [0.5, 0.6) is 0 Å². The van der Waals surface area contributed by atoms with Crippen LogP contribution < -0.4 is 5.32 Å². The van der Waals surface area contributed by atoms with Gasteiger partial charge in [0.05, 0.1) is 28.8 Å². The number of aromatic nitrogens is 2. The van der Waals surface area contributed by atoms with E-state index in [1.807, 2.05) is 20.8 Å². The number of rotatable bonds is 3. The van der Waals surface area contributed by atoms with Crippen molar-refractivity contribution in [1.29, 1.82) is 0 Å². The van der Waals surface area contributed by atoms with E-state index in [4.69, 9.17) is 0 Å². The number of nitrogens with one attached hydrogen (secondary N) is 1. The molecule has 2 heterocycles. The molecule has 0 spiro atoms. The van der Waals surface area contributed by atoms with E-state index in [1.54, 1.807) is 6.07 Å². The fourth-order valence-electron chi connectivity index (χ4n) is 3.10. The number of nitrogens with zero attached hydrogens (tertiary/aromatic N) is 2. The summed E-state index contributed by atoms with van der Waals surface area (Å²) in [5.74, 6) is -0.293. The monoisotopic (exact) mass is 429 g/mol. The zero-order chi connectivity index (χ0) is 21.6. The Morgan fingerprint density at radius 3 is 2.28 bits per heavy atom. The van der Waals surface area contributed by atoms with E-state index in [9.17, 15) is 26.4 Å². The predicted molar refractivity (Wildman–Crippen MR) is 103 cm³/mol. The molecule has 1 fully saturated rings. The van der Waals surface area contributed by atoms with Crippen molar-refractivity contribution in [3.05, 3.63) is 47.2 Å². The molecule has 1 aliphatic heterocycles. The maximum Gasteiger partial charge on any atom is 0.416 e. The molecule has 0 bridgehead atoms. The van der Waals surface area contributed by atoms with Crippen molar-refractivity contribution in [3.63, 3.8) is 0 Å². The third-order valence-corrected chi connectivity index (χ3v) is 6.52. The molecule has 6 nitrogen and oxygen atoms in total. The summed E-state index contributed by atoms with van der Waals surface area (Å²) in [6, 6.07) is 5.16. The van der Waals surface area contributed by atoms with Gasteiger partial charge >= 0.3 is 6.18 Å². The highest BCUT2D eigenvalue weighted by molar-refractivity contribution is 7.91. The van der Waals surface area contributed by atoms with Gasteiger partial charge in [0.15, 0.2) is 9.84 Å². The number of carbonyl (C=O) groups is 1. The lowest BCUT2D eigenvalue weighted by atomic mass is 9.92. The minimum absolute atomic E-state index is 0.0503. The fraction of sp³-hybridized carbons (Fsp3) is 0.474. The molecule has 1 aromatic carbocycles. The molecule has 158 valence electrons. The van der Waals surface area contributed by atoms with Crippen molar-refractivity contribution in [3.8, 4) is 0 Å². The lowest BCUT2D eigenvalue weighted by Gasteiger charge is -2.15. The van der Waals surface area contributed by atoms with Crippen LogP contribution in [0.1, 0.15) is 54.8 Å². The van der Waals surface area contributed by atoms with Gasteiger partial charge in [0.25, 0.3) is 5.91 Å².